The fourth-order valence-corrected chi connectivity index (χ4v) is 8.67. The Bertz CT molecular complexity index is 1190. The number of hydrogen-bond donors (Lipinski definition) is 0. The van der Waals surface area contributed by atoms with Gasteiger partial charge in [0.05, 0.1) is 0 Å². The van der Waals surface area contributed by atoms with Crippen molar-refractivity contribution in [3.8, 4) is 0 Å². The Labute approximate surface area is 422 Å². The summed E-state index contributed by atoms with van der Waals surface area (Å²) in [7, 11) is 0. The SMILES string of the molecule is CC/C=C\C/C=C\C/C=C\C/C=C\CCCCCCCCCCCCCCCCCCCCCCC(=O)OCC(COC(=O)CCCCCCCCC)OC(=O)CCCCCCCCCCCC. The van der Waals surface area contributed by atoms with Crippen molar-refractivity contribution in [1.29, 1.82) is 0 Å². The molecule has 0 rings (SSSR count). The van der Waals surface area contributed by atoms with Crippen LogP contribution < -0.4 is 0 Å². The van der Waals surface area contributed by atoms with Gasteiger partial charge in [0.2, 0.25) is 0 Å². The molecular formula is C62H112O6. The lowest BCUT2D eigenvalue weighted by molar-refractivity contribution is -0.167. The van der Waals surface area contributed by atoms with Gasteiger partial charge in [-0.2, -0.15) is 0 Å². The second-order valence-corrected chi connectivity index (χ2v) is 19.9. The first kappa shape index (κ1) is 65.4. The number of allylic oxidation sites excluding steroid dienone is 8. The zero-order valence-electron chi connectivity index (χ0n) is 45.4. The van der Waals surface area contributed by atoms with Gasteiger partial charge >= 0.3 is 17.9 Å². The summed E-state index contributed by atoms with van der Waals surface area (Å²) in [6.45, 7) is 6.50. The van der Waals surface area contributed by atoms with Crippen LogP contribution in [0, 0.1) is 0 Å². The molecular weight excluding hydrogens is 841 g/mol. The van der Waals surface area contributed by atoms with Gasteiger partial charge in [-0.1, -0.05) is 281 Å². The van der Waals surface area contributed by atoms with Gasteiger partial charge in [-0.15, -0.1) is 0 Å². The summed E-state index contributed by atoms with van der Waals surface area (Å²) in [6, 6.07) is 0. The van der Waals surface area contributed by atoms with Crippen molar-refractivity contribution in [3.63, 3.8) is 0 Å². The summed E-state index contributed by atoms with van der Waals surface area (Å²) < 4.78 is 16.7. The third-order valence-corrected chi connectivity index (χ3v) is 13.1. The molecule has 0 aromatic heterocycles. The smallest absolute Gasteiger partial charge is 0.306 e. The molecule has 0 aromatic carbocycles. The monoisotopic (exact) mass is 953 g/mol. The maximum absolute atomic E-state index is 12.7. The highest BCUT2D eigenvalue weighted by molar-refractivity contribution is 5.71. The molecule has 0 spiro atoms. The predicted molar refractivity (Wildman–Crippen MR) is 293 cm³/mol. The van der Waals surface area contributed by atoms with Gasteiger partial charge in [0.15, 0.2) is 6.10 Å². The van der Waals surface area contributed by atoms with Crippen LogP contribution in [0.1, 0.15) is 310 Å². The summed E-state index contributed by atoms with van der Waals surface area (Å²) in [5.74, 6) is -0.861. The van der Waals surface area contributed by atoms with Crippen LogP contribution in [0.4, 0.5) is 0 Å². The number of carbonyl (C=O) groups is 3. The third-order valence-electron chi connectivity index (χ3n) is 13.1. The number of ether oxygens (including phenoxy) is 3. The lowest BCUT2D eigenvalue weighted by Crippen LogP contribution is -2.30. The summed E-state index contributed by atoms with van der Waals surface area (Å²) in [5, 5.41) is 0. The van der Waals surface area contributed by atoms with Gasteiger partial charge in [0.1, 0.15) is 13.2 Å². The van der Waals surface area contributed by atoms with E-state index in [1.165, 1.54) is 186 Å². The topological polar surface area (TPSA) is 78.9 Å². The average Bonchev–Trinajstić information content (AvgIpc) is 3.34. The highest BCUT2D eigenvalue weighted by Crippen LogP contribution is 2.17. The minimum Gasteiger partial charge on any atom is -0.462 e. The molecule has 0 saturated carbocycles. The zero-order valence-corrected chi connectivity index (χ0v) is 45.4. The van der Waals surface area contributed by atoms with Crippen LogP contribution in [0.5, 0.6) is 0 Å². The van der Waals surface area contributed by atoms with Crippen LogP contribution in [0.2, 0.25) is 0 Å². The molecule has 0 fully saturated rings. The number of esters is 3. The van der Waals surface area contributed by atoms with E-state index in [-0.39, 0.29) is 31.1 Å². The molecule has 0 amide bonds. The zero-order chi connectivity index (χ0) is 49.3. The standard InChI is InChI=1S/C62H112O6/c1-4-7-10-13-16-18-20-21-22-23-24-25-26-27-28-29-30-31-32-33-34-35-36-37-38-39-40-41-42-44-46-49-52-55-61(64)67-58-59(57-66-60(63)54-51-48-45-15-12-9-6-3)68-62(65)56-53-50-47-43-19-17-14-11-8-5-2/h7,10,16,18,21-22,24-25,59H,4-6,8-9,11-15,17,19-20,23,26-58H2,1-3H3/b10-7-,18-16-,22-21-,25-24-. The molecule has 68 heavy (non-hydrogen) atoms. The quantitative estimate of drug-likeness (QED) is 0.0262. The second-order valence-electron chi connectivity index (χ2n) is 19.9. The minimum atomic E-state index is -0.763. The average molecular weight is 954 g/mol. The molecule has 1 unspecified atom stereocenters. The first-order valence-electron chi connectivity index (χ1n) is 29.6. The van der Waals surface area contributed by atoms with Crippen LogP contribution in [0.25, 0.3) is 0 Å². The van der Waals surface area contributed by atoms with Crippen molar-refractivity contribution in [2.24, 2.45) is 0 Å². The van der Waals surface area contributed by atoms with Crippen molar-refractivity contribution in [1.82, 2.24) is 0 Å². The van der Waals surface area contributed by atoms with Crippen molar-refractivity contribution in [2.75, 3.05) is 13.2 Å². The van der Waals surface area contributed by atoms with E-state index in [1.807, 2.05) is 0 Å². The number of unbranched alkanes of at least 4 members (excludes halogenated alkanes) is 35. The maximum atomic E-state index is 12.7. The molecule has 6 nitrogen and oxygen atoms in total. The van der Waals surface area contributed by atoms with E-state index in [0.717, 1.165) is 83.5 Å². The highest BCUT2D eigenvalue weighted by Gasteiger charge is 2.19. The van der Waals surface area contributed by atoms with E-state index in [2.05, 4.69) is 69.4 Å². The van der Waals surface area contributed by atoms with Gasteiger partial charge in [-0.3, -0.25) is 14.4 Å². The first-order chi connectivity index (χ1) is 33.5. The van der Waals surface area contributed by atoms with Crippen molar-refractivity contribution in [3.05, 3.63) is 48.6 Å². The normalized spacial score (nSPS) is 12.3. The summed E-state index contributed by atoms with van der Waals surface area (Å²) in [6.07, 6.45) is 70.2. The minimum absolute atomic E-state index is 0.0669. The van der Waals surface area contributed by atoms with Gasteiger partial charge in [-0.25, -0.2) is 0 Å². The van der Waals surface area contributed by atoms with Crippen molar-refractivity contribution in [2.45, 2.75) is 316 Å². The van der Waals surface area contributed by atoms with E-state index in [4.69, 9.17) is 14.2 Å². The molecule has 0 aliphatic carbocycles. The fraction of sp³-hybridized carbons (Fsp3) is 0.823. The molecule has 1 atom stereocenters. The molecule has 0 aliphatic rings. The van der Waals surface area contributed by atoms with Crippen LogP contribution in [0.3, 0.4) is 0 Å². The molecule has 0 bridgehead atoms. The van der Waals surface area contributed by atoms with E-state index in [0.29, 0.717) is 19.3 Å². The Balaban J connectivity index is 3.89. The van der Waals surface area contributed by atoms with Gasteiger partial charge in [0, 0.05) is 19.3 Å². The van der Waals surface area contributed by atoms with Gasteiger partial charge in [-0.05, 0) is 57.8 Å². The third kappa shape index (κ3) is 54.3. The Morgan fingerprint density at radius 3 is 0.897 bits per heavy atom. The van der Waals surface area contributed by atoms with E-state index < -0.39 is 6.10 Å². The van der Waals surface area contributed by atoms with Crippen LogP contribution in [-0.2, 0) is 28.6 Å². The van der Waals surface area contributed by atoms with Gasteiger partial charge in [0.25, 0.3) is 0 Å². The number of hydrogen-bond acceptors (Lipinski definition) is 6. The Kier molecular flexibility index (Phi) is 54.8. The number of rotatable bonds is 54. The van der Waals surface area contributed by atoms with Crippen LogP contribution in [0.15, 0.2) is 48.6 Å². The molecule has 396 valence electrons. The Hall–Kier alpha value is -2.63. The second kappa shape index (κ2) is 57.0. The molecule has 0 saturated heterocycles. The molecule has 0 heterocycles. The highest BCUT2D eigenvalue weighted by atomic mass is 16.6. The lowest BCUT2D eigenvalue weighted by Gasteiger charge is -2.18. The van der Waals surface area contributed by atoms with Gasteiger partial charge < -0.3 is 14.2 Å². The molecule has 0 aromatic rings. The van der Waals surface area contributed by atoms with E-state index in [1.54, 1.807) is 0 Å². The fourth-order valence-electron chi connectivity index (χ4n) is 8.67. The van der Waals surface area contributed by atoms with Crippen LogP contribution in [-0.4, -0.2) is 37.2 Å². The summed E-state index contributed by atoms with van der Waals surface area (Å²) in [4.78, 5) is 37.8. The van der Waals surface area contributed by atoms with Crippen molar-refractivity contribution >= 4 is 17.9 Å². The molecule has 0 radical (unpaired) electrons. The Morgan fingerprint density at radius 2 is 0.574 bits per heavy atom. The van der Waals surface area contributed by atoms with Crippen molar-refractivity contribution < 1.29 is 28.6 Å². The summed E-state index contributed by atoms with van der Waals surface area (Å²) in [5.41, 5.74) is 0. The first-order valence-corrected chi connectivity index (χ1v) is 29.6. The largest absolute Gasteiger partial charge is 0.462 e. The van der Waals surface area contributed by atoms with E-state index >= 15 is 0 Å². The lowest BCUT2D eigenvalue weighted by atomic mass is 10.0. The summed E-state index contributed by atoms with van der Waals surface area (Å²) >= 11 is 0. The Morgan fingerprint density at radius 1 is 0.309 bits per heavy atom. The number of carbonyl (C=O) groups excluding carboxylic acids is 3. The predicted octanol–water partition coefficient (Wildman–Crippen LogP) is 19.8. The molecule has 0 N–H and O–H groups in total. The molecule has 0 aliphatic heterocycles. The molecule has 6 heteroatoms. The van der Waals surface area contributed by atoms with E-state index in [9.17, 15) is 14.4 Å². The van der Waals surface area contributed by atoms with Crippen LogP contribution >= 0.6 is 0 Å². The maximum Gasteiger partial charge on any atom is 0.306 e.